The quantitative estimate of drug-likeness (QED) is 0.688. The van der Waals surface area contributed by atoms with E-state index in [0.717, 1.165) is 0 Å². The second-order valence-electron chi connectivity index (χ2n) is 3.43. The van der Waals surface area contributed by atoms with E-state index in [1.807, 2.05) is 13.8 Å². The van der Waals surface area contributed by atoms with Crippen LogP contribution in [0.3, 0.4) is 0 Å². The molecule has 0 aliphatic heterocycles. The van der Waals surface area contributed by atoms with Gasteiger partial charge in [0.15, 0.2) is 11.2 Å². The van der Waals surface area contributed by atoms with Crippen LogP contribution in [0.4, 0.5) is 11.4 Å². The Balaban J connectivity index is 2.77. The fourth-order valence-electron chi connectivity index (χ4n) is 1.27. The molecule has 0 aliphatic rings. The summed E-state index contributed by atoms with van der Waals surface area (Å²) >= 11 is 0. The summed E-state index contributed by atoms with van der Waals surface area (Å²) in [6, 6.07) is 0.204. The maximum Gasteiger partial charge on any atom is 0.181 e. The lowest BCUT2D eigenvalue weighted by Crippen LogP contribution is -2.04. The normalized spacial score (nSPS) is 11.4. The van der Waals surface area contributed by atoms with E-state index in [1.54, 1.807) is 4.68 Å². The van der Waals surface area contributed by atoms with Gasteiger partial charge in [-0.3, -0.25) is 0 Å². The molecule has 0 amide bonds. The fraction of sp³-hybridized carbons (Fsp3) is 0.375. The summed E-state index contributed by atoms with van der Waals surface area (Å²) in [5.41, 5.74) is 13.5. The third-order valence-electron chi connectivity index (χ3n) is 2.05. The van der Waals surface area contributed by atoms with E-state index in [4.69, 9.17) is 11.5 Å². The Kier molecular flexibility index (Phi) is 1.77. The monoisotopic (exact) mass is 192 g/mol. The molecule has 0 spiro atoms. The van der Waals surface area contributed by atoms with Crippen molar-refractivity contribution in [1.82, 2.24) is 20.0 Å². The molecule has 74 valence electrons. The highest BCUT2D eigenvalue weighted by atomic mass is 15.4. The summed E-state index contributed by atoms with van der Waals surface area (Å²) in [7, 11) is 0. The lowest BCUT2D eigenvalue weighted by molar-refractivity contribution is 0.526. The summed E-state index contributed by atoms with van der Waals surface area (Å²) in [5, 5.41) is 7.91. The Labute approximate surface area is 80.9 Å². The number of hydrogen-bond acceptors (Lipinski definition) is 5. The Hall–Kier alpha value is -1.85. The number of nitrogen functional groups attached to an aromatic ring is 2. The molecule has 2 rings (SSSR count). The minimum absolute atomic E-state index is 0.204. The molecule has 0 unspecified atom stereocenters. The van der Waals surface area contributed by atoms with Crippen molar-refractivity contribution in [3.63, 3.8) is 0 Å². The maximum atomic E-state index is 5.75. The van der Waals surface area contributed by atoms with E-state index in [1.165, 1.54) is 6.20 Å². The highest BCUT2D eigenvalue weighted by molar-refractivity contribution is 5.90. The highest BCUT2D eigenvalue weighted by Crippen LogP contribution is 2.23. The van der Waals surface area contributed by atoms with Crippen molar-refractivity contribution in [3.05, 3.63) is 6.20 Å². The number of fused-ring (bicyclic) bond motifs is 1. The molecule has 0 bridgehead atoms. The Bertz CT molecular complexity index is 472. The van der Waals surface area contributed by atoms with Gasteiger partial charge < -0.3 is 11.5 Å². The van der Waals surface area contributed by atoms with Gasteiger partial charge in [-0.2, -0.15) is 0 Å². The smallest absolute Gasteiger partial charge is 0.181 e. The van der Waals surface area contributed by atoms with E-state index >= 15 is 0 Å². The van der Waals surface area contributed by atoms with Gasteiger partial charge in [0.2, 0.25) is 0 Å². The van der Waals surface area contributed by atoms with Crippen molar-refractivity contribution in [3.8, 4) is 0 Å². The van der Waals surface area contributed by atoms with Crippen LogP contribution in [0.25, 0.3) is 11.2 Å². The molecule has 0 radical (unpaired) electrons. The van der Waals surface area contributed by atoms with Crippen LogP contribution in [0, 0.1) is 0 Å². The molecule has 14 heavy (non-hydrogen) atoms. The van der Waals surface area contributed by atoms with Gasteiger partial charge in [0.05, 0.1) is 23.6 Å². The second kappa shape index (κ2) is 2.83. The van der Waals surface area contributed by atoms with Gasteiger partial charge in [0, 0.05) is 0 Å². The van der Waals surface area contributed by atoms with E-state index in [2.05, 4.69) is 15.3 Å². The number of hydrogen-bond donors (Lipinski definition) is 2. The Morgan fingerprint density at radius 1 is 1.36 bits per heavy atom. The van der Waals surface area contributed by atoms with Crippen LogP contribution in [0.15, 0.2) is 6.20 Å². The van der Waals surface area contributed by atoms with Gasteiger partial charge in [0.25, 0.3) is 0 Å². The first-order valence-corrected chi connectivity index (χ1v) is 4.36. The molecule has 0 saturated heterocycles. The van der Waals surface area contributed by atoms with Gasteiger partial charge in [-0.1, -0.05) is 5.21 Å². The van der Waals surface area contributed by atoms with Crippen molar-refractivity contribution in [2.75, 3.05) is 11.5 Å². The summed E-state index contributed by atoms with van der Waals surface area (Å²) in [6.45, 7) is 4.00. The van der Waals surface area contributed by atoms with Crippen LogP contribution in [0.5, 0.6) is 0 Å². The molecule has 6 heteroatoms. The van der Waals surface area contributed by atoms with Crippen molar-refractivity contribution in [1.29, 1.82) is 0 Å². The van der Waals surface area contributed by atoms with Crippen LogP contribution in [0.2, 0.25) is 0 Å². The van der Waals surface area contributed by atoms with Crippen LogP contribution in [-0.4, -0.2) is 20.0 Å². The van der Waals surface area contributed by atoms with Gasteiger partial charge in [-0.05, 0) is 13.8 Å². The molecule has 0 atom stereocenters. The van der Waals surface area contributed by atoms with Crippen molar-refractivity contribution < 1.29 is 0 Å². The molecule has 2 aromatic rings. The number of aromatic nitrogens is 4. The molecular weight excluding hydrogens is 180 g/mol. The minimum atomic E-state index is 0.204. The largest absolute Gasteiger partial charge is 0.396 e. The predicted octanol–water partition coefficient (Wildman–Crippen LogP) is 0.572. The van der Waals surface area contributed by atoms with E-state index < -0.39 is 0 Å². The van der Waals surface area contributed by atoms with E-state index in [0.29, 0.717) is 22.5 Å². The number of nitrogens with two attached hydrogens (primary N) is 2. The lowest BCUT2D eigenvalue weighted by Gasteiger charge is -2.04. The second-order valence-corrected chi connectivity index (χ2v) is 3.43. The third-order valence-corrected chi connectivity index (χ3v) is 2.05. The zero-order chi connectivity index (χ0) is 10.3. The molecule has 0 fully saturated rings. The van der Waals surface area contributed by atoms with Crippen molar-refractivity contribution in [2.24, 2.45) is 0 Å². The Morgan fingerprint density at radius 2 is 2.07 bits per heavy atom. The summed E-state index contributed by atoms with van der Waals surface area (Å²) < 4.78 is 1.71. The minimum Gasteiger partial charge on any atom is -0.396 e. The molecule has 6 nitrogen and oxygen atoms in total. The number of anilines is 2. The van der Waals surface area contributed by atoms with Crippen molar-refractivity contribution >= 4 is 22.5 Å². The van der Waals surface area contributed by atoms with Gasteiger partial charge in [-0.15, -0.1) is 5.10 Å². The SMILES string of the molecule is CC(C)n1nnc2c(N)c(N)cnc21. The lowest BCUT2D eigenvalue weighted by atomic mass is 10.3. The Morgan fingerprint density at radius 3 is 2.71 bits per heavy atom. The topological polar surface area (TPSA) is 95.6 Å². The maximum absolute atomic E-state index is 5.75. The standard InChI is InChI=1S/C8H12N6/c1-4(2)14-8-7(12-13-14)6(10)5(9)3-11-8/h3-4H,9H2,1-2H3,(H2,10,11). The first-order chi connectivity index (χ1) is 6.61. The predicted molar refractivity (Wildman–Crippen MR) is 54.5 cm³/mol. The van der Waals surface area contributed by atoms with Crippen LogP contribution >= 0.6 is 0 Å². The van der Waals surface area contributed by atoms with Crippen LogP contribution < -0.4 is 11.5 Å². The number of pyridine rings is 1. The molecule has 0 aromatic carbocycles. The van der Waals surface area contributed by atoms with Gasteiger partial charge in [-0.25, -0.2) is 9.67 Å². The van der Waals surface area contributed by atoms with E-state index in [-0.39, 0.29) is 6.04 Å². The summed E-state index contributed by atoms with van der Waals surface area (Å²) in [6.07, 6.45) is 1.53. The molecule has 4 N–H and O–H groups in total. The fourth-order valence-corrected chi connectivity index (χ4v) is 1.27. The molecule has 2 heterocycles. The first-order valence-electron chi connectivity index (χ1n) is 4.36. The number of nitrogens with zero attached hydrogens (tertiary/aromatic N) is 4. The molecule has 0 saturated carbocycles. The molecule has 2 aromatic heterocycles. The van der Waals surface area contributed by atoms with Gasteiger partial charge >= 0.3 is 0 Å². The molecule has 0 aliphatic carbocycles. The highest BCUT2D eigenvalue weighted by Gasteiger charge is 2.12. The van der Waals surface area contributed by atoms with Crippen LogP contribution in [-0.2, 0) is 0 Å². The van der Waals surface area contributed by atoms with Crippen molar-refractivity contribution in [2.45, 2.75) is 19.9 Å². The molecular formula is C8H12N6. The average molecular weight is 192 g/mol. The zero-order valence-corrected chi connectivity index (χ0v) is 8.10. The van der Waals surface area contributed by atoms with Gasteiger partial charge in [0.1, 0.15) is 0 Å². The summed E-state index contributed by atoms with van der Waals surface area (Å²) in [4.78, 5) is 4.16. The van der Waals surface area contributed by atoms with Crippen LogP contribution in [0.1, 0.15) is 19.9 Å². The third kappa shape index (κ3) is 1.07. The average Bonchev–Trinajstić information content (AvgIpc) is 2.55. The first kappa shape index (κ1) is 8.74. The summed E-state index contributed by atoms with van der Waals surface area (Å²) in [5.74, 6) is 0. The zero-order valence-electron chi connectivity index (χ0n) is 8.10. The number of rotatable bonds is 1. The van der Waals surface area contributed by atoms with E-state index in [9.17, 15) is 0 Å².